The number of nitrogens with zero attached hydrogens (tertiary/aromatic N) is 4. The Morgan fingerprint density at radius 1 is 1.36 bits per heavy atom. The van der Waals surface area contributed by atoms with Crippen LogP contribution >= 0.6 is 0 Å². The van der Waals surface area contributed by atoms with Crippen LogP contribution in [-0.4, -0.2) is 64.4 Å². The lowest BCUT2D eigenvalue weighted by atomic mass is 10.1. The highest BCUT2D eigenvalue weighted by Gasteiger charge is 2.42. The van der Waals surface area contributed by atoms with E-state index in [1.165, 1.54) is 5.56 Å². The minimum atomic E-state index is 0.224. The fourth-order valence-electron chi connectivity index (χ4n) is 3.69. The molecule has 3 aliphatic rings. The van der Waals surface area contributed by atoms with E-state index in [0.29, 0.717) is 17.7 Å². The second-order valence-electron chi connectivity index (χ2n) is 6.94. The van der Waals surface area contributed by atoms with Gasteiger partial charge in [0, 0.05) is 63.4 Å². The van der Waals surface area contributed by atoms with Crippen molar-refractivity contribution >= 4 is 5.91 Å². The Morgan fingerprint density at radius 2 is 2.23 bits per heavy atom. The average Bonchev–Trinajstić information content (AvgIpc) is 3.20. The number of likely N-dealkylation sites (tertiary alicyclic amines) is 1. The third-order valence-corrected chi connectivity index (χ3v) is 5.02. The molecule has 2 atom stereocenters. The number of hydrogen-bond acceptors (Lipinski definition) is 4. The van der Waals surface area contributed by atoms with Crippen LogP contribution < -0.4 is 0 Å². The van der Waals surface area contributed by atoms with Crippen molar-refractivity contribution in [3.63, 3.8) is 0 Å². The zero-order valence-corrected chi connectivity index (χ0v) is 13.1. The van der Waals surface area contributed by atoms with Crippen molar-refractivity contribution in [2.24, 2.45) is 18.9 Å². The fourth-order valence-corrected chi connectivity index (χ4v) is 3.69. The first-order valence-corrected chi connectivity index (χ1v) is 8.29. The van der Waals surface area contributed by atoms with Gasteiger partial charge in [0.25, 0.3) is 0 Å². The van der Waals surface area contributed by atoms with Gasteiger partial charge in [-0.15, -0.1) is 0 Å². The molecule has 0 bridgehead atoms. The summed E-state index contributed by atoms with van der Waals surface area (Å²) < 4.78 is 7.87. The first-order chi connectivity index (χ1) is 10.7. The Kier molecular flexibility index (Phi) is 3.66. The van der Waals surface area contributed by atoms with Gasteiger partial charge in [-0.25, -0.2) is 0 Å². The maximum atomic E-state index is 12.3. The van der Waals surface area contributed by atoms with Crippen molar-refractivity contribution in [2.45, 2.75) is 25.5 Å². The Labute approximate surface area is 131 Å². The van der Waals surface area contributed by atoms with Gasteiger partial charge in [-0.2, -0.15) is 5.10 Å². The van der Waals surface area contributed by atoms with Crippen LogP contribution in [0.15, 0.2) is 12.4 Å². The number of ether oxygens (including phenoxy) is 1. The number of aryl methyl sites for hydroxylation is 1. The smallest absolute Gasteiger partial charge is 0.225 e. The Bertz CT molecular complexity index is 554. The summed E-state index contributed by atoms with van der Waals surface area (Å²) >= 11 is 0. The highest BCUT2D eigenvalue weighted by Crippen LogP contribution is 2.34. The molecule has 0 aromatic carbocycles. The molecule has 1 aromatic rings. The number of carbonyl (C=O) groups excluding carboxylic acids is 1. The van der Waals surface area contributed by atoms with Gasteiger partial charge in [0.1, 0.15) is 0 Å². The second kappa shape index (κ2) is 5.66. The summed E-state index contributed by atoms with van der Waals surface area (Å²) in [5.74, 6) is 1.12. The van der Waals surface area contributed by atoms with Crippen molar-refractivity contribution in [1.29, 1.82) is 0 Å². The molecule has 1 aromatic heterocycles. The Balaban J connectivity index is 1.38. The minimum absolute atomic E-state index is 0.224. The van der Waals surface area contributed by atoms with Gasteiger partial charge >= 0.3 is 0 Å². The van der Waals surface area contributed by atoms with E-state index in [-0.39, 0.29) is 6.10 Å². The maximum absolute atomic E-state index is 12.3. The lowest BCUT2D eigenvalue weighted by molar-refractivity contribution is -0.132. The summed E-state index contributed by atoms with van der Waals surface area (Å²) in [7, 11) is 1.95. The van der Waals surface area contributed by atoms with Crippen LogP contribution in [0.25, 0.3) is 0 Å². The summed E-state index contributed by atoms with van der Waals surface area (Å²) in [6.45, 7) is 5.29. The standard InChI is InChI=1S/C16H24N4O2/c1-18-7-12(6-17-18)8-19-4-5-22-15-11-20(10-14(15)9-19)16(21)13-2-3-13/h6-7,13-15H,2-5,8-11H2,1H3/t14-,15+/m1/s1. The van der Waals surface area contributed by atoms with Crippen molar-refractivity contribution in [3.8, 4) is 0 Å². The number of hydrogen-bond donors (Lipinski definition) is 0. The number of carbonyl (C=O) groups is 1. The predicted molar refractivity (Wildman–Crippen MR) is 81.0 cm³/mol. The van der Waals surface area contributed by atoms with Gasteiger partial charge in [-0.05, 0) is 12.8 Å². The van der Waals surface area contributed by atoms with Gasteiger partial charge < -0.3 is 9.64 Å². The molecule has 1 aliphatic carbocycles. The van der Waals surface area contributed by atoms with Crippen LogP contribution in [0.2, 0.25) is 0 Å². The maximum Gasteiger partial charge on any atom is 0.225 e. The predicted octanol–water partition coefficient (Wildman–Crippen LogP) is 0.489. The summed E-state index contributed by atoms with van der Waals surface area (Å²) in [6, 6.07) is 0. The minimum Gasteiger partial charge on any atom is -0.375 e. The highest BCUT2D eigenvalue weighted by molar-refractivity contribution is 5.81. The molecule has 6 nitrogen and oxygen atoms in total. The van der Waals surface area contributed by atoms with Gasteiger partial charge in [-0.3, -0.25) is 14.4 Å². The summed E-state index contributed by atoms with van der Waals surface area (Å²) in [6.07, 6.45) is 6.39. The van der Waals surface area contributed by atoms with E-state index in [1.54, 1.807) is 0 Å². The van der Waals surface area contributed by atoms with Crippen LogP contribution in [0.3, 0.4) is 0 Å². The molecule has 120 valence electrons. The normalized spacial score (nSPS) is 29.4. The average molecular weight is 304 g/mol. The molecule has 3 heterocycles. The van der Waals surface area contributed by atoms with Crippen molar-refractivity contribution in [2.75, 3.05) is 32.8 Å². The third kappa shape index (κ3) is 2.90. The van der Waals surface area contributed by atoms with Gasteiger partial charge in [0.15, 0.2) is 0 Å². The first-order valence-electron chi connectivity index (χ1n) is 8.29. The van der Waals surface area contributed by atoms with E-state index in [4.69, 9.17) is 4.74 Å². The lowest BCUT2D eigenvalue weighted by Crippen LogP contribution is -2.34. The van der Waals surface area contributed by atoms with Gasteiger partial charge in [0.2, 0.25) is 5.91 Å². The van der Waals surface area contributed by atoms with Crippen molar-refractivity contribution < 1.29 is 9.53 Å². The number of amides is 1. The first kappa shape index (κ1) is 14.2. The molecule has 1 saturated carbocycles. The quantitative estimate of drug-likeness (QED) is 0.815. The van der Waals surface area contributed by atoms with Crippen molar-refractivity contribution in [1.82, 2.24) is 19.6 Å². The van der Waals surface area contributed by atoms with E-state index in [0.717, 1.165) is 52.2 Å². The number of aromatic nitrogens is 2. The summed E-state index contributed by atoms with van der Waals surface area (Å²) in [5.41, 5.74) is 1.24. The molecule has 1 amide bonds. The lowest BCUT2D eigenvalue weighted by Gasteiger charge is -2.22. The molecule has 0 unspecified atom stereocenters. The molecular formula is C16H24N4O2. The Hall–Kier alpha value is -1.40. The molecule has 0 N–H and O–H groups in total. The van der Waals surface area contributed by atoms with E-state index in [9.17, 15) is 4.79 Å². The van der Waals surface area contributed by atoms with Crippen molar-refractivity contribution in [3.05, 3.63) is 18.0 Å². The number of fused-ring (bicyclic) bond motifs is 1. The van der Waals surface area contributed by atoms with E-state index in [2.05, 4.69) is 16.2 Å². The number of rotatable bonds is 3. The van der Waals surface area contributed by atoms with Crippen LogP contribution in [0.4, 0.5) is 0 Å². The summed E-state index contributed by atoms with van der Waals surface area (Å²) in [4.78, 5) is 16.7. The SMILES string of the molecule is Cn1cc(CN2CCO[C@H]3CN(C(=O)C4CC4)C[C@H]3C2)cn1. The third-order valence-electron chi connectivity index (χ3n) is 5.02. The Morgan fingerprint density at radius 3 is 2.95 bits per heavy atom. The molecule has 6 heteroatoms. The molecule has 0 radical (unpaired) electrons. The molecule has 0 spiro atoms. The largest absolute Gasteiger partial charge is 0.375 e. The van der Waals surface area contributed by atoms with Crippen LogP contribution in [0.5, 0.6) is 0 Å². The zero-order valence-electron chi connectivity index (χ0n) is 13.1. The van der Waals surface area contributed by atoms with Gasteiger partial charge in [-0.1, -0.05) is 0 Å². The fraction of sp³-hybridized carbons (Fsp3) is 0.750. The van der Waals surface area contributed by atoms with Gasteiger partial charge in [0.05, 0.1) is 18.9 Å². The van der Waals surface area contributed by atoms with E-state index < -0.39 is 0 Å². The monoisotopic (exact) mass is 304 g/mol. The highest BCUT2D eigenvalue weighted by atomic mass is 16.5. The van der Waals surface area contributed by atoms with Crippen LogP contribution in [-0.2, 0) is 23.1 Å². The second-order valence-corrected chi connectivity index (χ2v) is 6.94. The molecule has 3 fully saturated rings. The molecule has 4 rings (SSSR count). The molecule has 2 aliphatic heterocycles. The van der Waals surface area contributed by atoms with E-state index >= 15 is 0 Å². The molecule has 22 heavy (non-hydrogen) atoms. The van der Waals surface area contributed by atoms with Crippen LogP contribution in [0, 0.1) is 11.8 Å². The zero-order chi connectivity index (χ0) is 15.1. The molecular weight excluding hydrogens is 280 g/mol. The molecule has 2 saturated heterocycles. The van der Waals surface area contributed by atoms with E-state index in [1.807, 2.05) is 22.8 Å². The van der Waals surface area contributed by atoms with Crippen LogP contribution in [0.1, 0.15) is 18.4 Å². The topological polar surface area (TPSA) is 50.6 Å². The summed E-state index contributed by atoms with van der Waals surface area (Å²) in [5, 5.41) is 4.24.